The van der Waals surface area contributed by atoms with Crippen molar-refractivity contribution in [1.29, 1.82) is 0 Å². The Hall–Kier alpha value is -2.09. The van der Waals surface area contributed by atoms with Crippen molar-refractivity contribution >= 4 is 5.78 Å². The molecule has 108 valence electrons. The van der Waals surface area contributed by atoms with Crippen LogP contribution in [0.15, 0.2) is 48.5 Å². The van der Waals surface area contributed by atoms with Gasteiger partial charge in [-0.25, -0.2) is 0 Å². The van der Waals surface area contributed by atoms with Crippen molar-refractivity contribution in [2.75, 3.05) is 6.61 Å². The number of rotatable bonds is 5. The van der Waals surface area contributed by atoms with E-state index in [9.17, 15) is 4.79 Å². The first-order valence-corrected chi connectivity index (χ1v) is 7.66. The first-order chi connectivity index (χ1) is 10.3. The highest BCUT2D eigenvalue weighted by Crippen LogP contribution is 2.38. The van der Waals surface area contributed by atoms with Crippen LogP contribution in [-0.4, -0.2) is 12.4 Å². The maximum Gasteiger partial charge on any atom is 0.197 e. The van der Waals surface area contributed by atoms with Crippen molar-refractivity contribution in [3.8, 4) is 5.75 Å². The highest BCUT2D eigenvalue weighted by molar-refractivity contribution is 6.11. The fourth-order valence-electron chi connectivity index (χ4n) is 2.86. The van der Waals surface area contributed by atoms with Crippen LogP contribution in [0.1, 0.15) is 53.6 Å². The Kier molecular flexibility index (Phi) is 4.05. The molecular weight excluding hydrogens is 260 g/mol. The average Bonchev–Trinajstić information content (AvgIpc) is 2.46. The van der Waals surface area contributed by atoms with Crippen LogP contribution >= 0.6 is 0 Å². The van der Waals surface area contributed by atoms with Gasteiger partial charge in [0, 0.05) is 5.56 Å². The van der Waals surface area contributed by atoms with Gasteiger partial charge in [-0.1, -0.05) is 42.8 Å². The molecule has 0 N–H and O–H groups in total. The first-order valence-electron chi connectivity index (χ1n) is 7.66. The minimum atomic E-state index is 0.0709. The average molecular weight is 280 g/mol. The molecule has 21 heavy (non-hydrogen) atoms. The summed E-state index contributed by atoms with van der Waals surface area (Å²) in [4.78, 5) is 12.9. The van der Waals surface area contributed by atoms with E-state index in [1.165, 1.54) is 24.8 Å². The molecule has 2 heteroatoms. The van der Waals surface area contributed by atoms with Gasteiger partial charge in [-0.3, -0.25) is 4.79 Å². The van der Waals surface area contributed by atoms with Crippen LogP contribution in [0.5, 0.6) is 5.75 Å². The van der Waals surface area contributed by atoms with E-state index >= 15 is 0 Å². The lowest BCUT2D eigenvalue weighted by Gasteiger charge is -2.27. The lowest BCUT2D eigenvalue weighted by molar-refractivity contribution is 0.103. The van der Waals surface area contributed by atoms with Gasteiger partial charge in [0.15, 0.2) is 5.78 Å². The lowest BCUT2D eigenvalue weighted by atomic mass is 9.77. The number of ether oxygens (including phenoxy) is 1. The van der Waals surface area contributed by atoms with Crippen LogP contribution in [-0.2, 0) is 0 Å². The van der Waals surface area contributed by atoms with E-state index in [1.807, 2.05) is 49.4 Å². The number of carbonyl (C=O) groups excluding carboxylic acids is 1. The second kappa shape index (κ2) is 6.13. The van der Waals surface area contributed by atoms with E-state index in [0.717, 1.165) is 5.56 Å². The molecule has 0 atom stereocenters. The Morgan fingerprint density at radius 1 is 1.05 bits per heavy atom. The minimum absolute atomic E-state index is 0.0709. The summed E-state index contributed by atoms with van der Waals surface area (Å²) in [6.45, 7) is 2.50. The van der Waals surface area contributed by atoms with Crippen LogP contribution in [0.2, 0.25) is 0 Å². The standard InChI is InChI=1S/C19H20O2/c1-2-21-18-13-6-5-12-17(18)19(20)16-11-4-3-10-15(16)14-8-7-9-14/h3-6,10-14H,2,7-9H2,1H3. The van der Waals surface area contributed by atoms with Gasteiger partial charge >= 0.3 is 0 Å². The second-order valence-electron chi connectivity index (χ2n) is 5.47. The molecule has 0 aliphatic heterocycles. The quantitative estimate of drug-likeness (QED) is 0.749. The maximum absolute atomic E-state index is 12.9. The van der Waals surface area contributed by atoms with Gasteiger partial charge in [0.25, 0.3) is 0 Å². The van der Waals surface area contributed by atoms with Crippen molar-refractivity contribution in [1.82, 2.24) is 0 Å². The Bertz CT molecular complexity index is 642. The Balaban J connectivity index is 1.99. The van der Waals surface area contributed by atoms with E-state index in [-0.39, 0.29) is 5.78 Å². The van der Waals surface area contributed by atoms with E-state index in [4.69, 9.17) is 4.74 Å². The van der Waals surface area contributed by atoms with Gasteiger partial charge in [-0.05, 0) is 43.4 Å². The number of hydrogen-bond donors (Lipinski definition) is 0. The molecule has 0 bridgehead atoms. The molecule has 0 aromatic heterocycles. The van der Waals surface area contributed by atoms with Crippen LogP contribution in [0.25, 0.3) is 0 Å². The predicted octanol–water partition coefficient (Wildman–Crippen LogP) is 4.58. The fourth-order valence-corrected chi connectivity index (χ4v) is 2.86. The summed E-state index contributed by atoms with van der Waals surface area (Å²) in [7, 11) is 0. The molecule has 1 fully saturated rings. The van der Waals surface area contributed by atoms with Gasteiger partial charge in [0.05, 0.1) is 12.2 Å². The zero-order valence-electron chi connectivity index (χ0n) is 12.3. The molecule has 1 aliphatic carbocycles. The number of hydrogen-bond acceptors (Lipinski definition) is 2. The van der Waals surface area contributed by atoms with Gasteiger partial charge in [-0.2, -0.15) is 0 Å². The summed E-state index contributed by atoms with van der Waals surface area (Å²) < 4.78 is 5.60. The molecular formula is C19H20O2. The van der Waals surface area contributed by atoms with Gasteiger partial charge in [-0.15, -0.1) is 0 Å². The van der Waals surface area contributed by atoms with Gasteiger partial charge in [0.2, 0.25) is 0 Å². The number of benzene rings is 2. The Morgan fingerprint density at radius 2 is 1.71 bits per heavy atom. The monoisotopic (exact) mass is 280 g/mol. The highest BCUT2D eigenvalue weighted by Gasteiger charge is 2.25. The molecule has 2 aromatic rings. The van der Waals surface area contributed by atoms with Crippen LogP contribution < -0.4 is 4.74 Å². The number of carbonyl (C=O) groups is 1. The minimum Gasteiger partial charge on any atom is -0.493 e. The van der Waals surface area contributed by atoms with E-state index < -0.39 is 0 Å². The summed E-state index contributed by atoms with van der Waals surface area (Å²) in [5, 5.41) is 0. The molecule has 0 radical (unpaired) electrons. The van der Waals surface area contributed by atoms with Gasteiger partial charge < -0.3 is 4.74 Å². The topological polar surface area (TPSA) is 26.3 Å². The van der Waals surface area contributed by atoms with Crippen LogP contribution in [0, 0.1) is 0 Å². The summed E-state index contributed by atoms with van der Waals surface area (Å²) in [6.07, 6.45) is 3.65. The molecule has 2 aromatic carbocycles. The van der Waals surface area contributed by atoms with E-state index in [1.54, 1.807) is 0 Å². The molecule has 1 saturated carbocycles. The third-order valence-corrected chi connectivity index (χ3v) is 4.18. The summed E-state index contributed by atoms with van der Waals surface area (Å²) in [5.74, 6) is 1.29. The highest BCUT2D eigenvalue weighted by atomic mass is 16.5. The molecule has 0 amide bonds. The second-order valence-corrected chi connectivity index (χ2v) is 5.47. The third kappa shape index (κ3) is 2.71. The number of para-hydroxylation sites is 1. The van der Waals surface area contributed by atoms with Crippen LogP contribution in [0.4, 0.5) is 0 Å². The normalized spacial score (nSPS) is 14.5. The molecule has 0 unspecified atom stereocenters. The lowest BCUT2D eigenvalue weighted by Crippen LogP contribution is -2.15. The fraction of sp³-hybridized carbons (Fsp3) is 0.316. The SMILES string of the molecule is CCOc1ccccc1C(=O)c1ccccc1C1CCC1. The van der Waals surface area contributed by atoms with Crippen molar-refractivity contribution in [3.63, 3.8) is 0 Å². The molecule has 1 aliphatic rings. The van der Waals surface area contributed by atoms with Crippen molar-refractivity contribution < 1.29 is 9.53 Å². The molecule has 0 saturated heterocycles. The smallest absolute Gasteiger partial charge is 0.197 e. The maximum atomic E-state index is 12.9. The van der Waals surface area contributed by atoms with Crippen molar-refractivity contribution in [2.45, 2.75) is 32.1 Å². The predicted molar refractivity (Wildman–Crippen MR) is 84.1 cm³/mol. The first kappa shape index (κ1) is 13.9. The number of ketones is 1. The largest absolute Gasteiger partial charge is 0.493 e. The molecule has 3 rings (SSSR count). The zero-order chi connectivity index (χ0) is 14.7. The molecule has 0 spiro atoms. The third-order valence-electron chi connectivity index (χ3n) is 4.18. The van der Waals surface area contributed by atoms with Crippen molar-refractivity contribution in [2.24, 2.45) is 0 Å². The zero-order valence-corrected chi connectivity index (χ0v) is 12.3. The Labute approximate surface area is 125 Å². The molecule has 0 heterocycles. The summed E-state index contributed by atoms with van der Waals surface area (Å²) in [5.41, 5.74) is 2.68. The van der Waals surface area contributed by atoms with E-state index in [2.05, 4.69) is 6.07 Å². The van der Waals surface area contributed by atoms with Gasteiger partial charge in [0.1, 0.15) is 5.75 Å². The van der Waals surface area contributed by atoms with Crippen LogP contribution in [0.3, 0.4) is 0 Å². The summed E-state index contributed by atoms with van der Waals surface area (Å²) >= 11 is 0. The van der Waals surface area contributed by atoms with E-state index in [0.29, 0.717) is 23.8 Å². The molecule has 2 nitrogen and oxygen atoms in total. The Morgan fingerprint density at radius 3 is 2.38 bits per heavy atom. The summed E-state index contributed by atoms with van der Waals surface area (Å²) in [6, 6.07) is 15.5. The van der Waals surface area contributed by atoms with Crippen molar-refractivity contribution in [3.05, 3.63) is 65.2 Å².